The fourth-order valence-electron chi connectivity index (χ4n) is 2.75. The van der Waals surface area contributed by atoms with Crippen molar-refractivity contribution in [3.63, 3.8) is 0 Å². The number of H-pyrrole nitrogens is 1. The summed E-state index contributed by atoms with van der Waals surface area (Å²) in [7, 11) is 0. The number of aryl methyl sites for hydroxylation is 2. The number of aromatic amines is 1. The summed E-state index contributed by atoms with van der Waals surface area (Å²) < 4.78 is 11.6. The molecule has 6 heteroatoms. The van der Waals surface area contributed by atoms with E-state index in [9.17, 15) is 4.79 Å². The second-order valence-corrected chi connectivity index (χ2v) is 6.15. The summed E-state index contributed by atoms with van der Waals surface area (Å²) in [6.07, 6.45) is 3.84. The first-order chi connectivity index (χ1) is 11.6. The molecule has 1 aromatic carbocycles. The topological polar surface area (TPSA) is 76.2 Å². The van der Waals surface area contributed by atoms with Crippen molar-refractivity contribution in [2.45, 2.75) is 39.3 Å². The van der Waals surface area contributed by atoms with Crippen molar-refractivity contribution >= 4 is 5.91 Å². The summed E-state index contributed by atoms with van der Waals surface area (Å²) in [5.74, 6) is 0.654. The molecular formula is C18H23N3O3. The van der Waals surface area contributed by atoms with E-state index in [0.29, 0.717) is 18.7 Å². The zero-order chi connectivity index (χ0) is 16.9. The van der Waals surface area contributed by atoms with Gasteiger partial charge in [0.25, 0.3) is 5.91 Å². The van der Waals surface area contributed by atoms with Crippen LogP contribution in [0.2, 0.25) is 0 Å². The van der Waals surface area contributed by atoms with Gasteiger partial charge < -0.3 is 14.8 Å². The number of nitrogens with zero attached hydrogens (tertiary/aromatic N) is 1. The molecular weight excluding hydrogens is 306 g/mol. The van der Waals surface area contributed by atoms with Gasteiger partial charge in [-0.25, -0.2) is 0 Å². The Labute approximate surface area is 141 Å². The van der Waals surface area contributed by atoms with E-state index in [2.05, 4.69) is 15.5 Å². The van der Waals surface area contributed by atoms with Crippen LogP contribution in [0.4, 0.5) is 0 Å². The van der Waals surface area contributed by atoms with Crippen LogP contribution in [-0.4, -0.2) is 35.4 Å². The van der Waals surface area contributed by atoms with Crippen LogP contribution in [0.25, 0.3) is 0 Å². The van der Waals surface area contributed by atoms with Crippen LogP contribution in [0.1, 0.15) is 40.0 Å². The number of hydrogen-bond donors (Lipinski definition) is 2. The monoisotopic (exact) mass is 329 g/mol. The lowest BCUT2D eigenvalue weighted by molar-refractivity contribution is 0.0675. The molecule has 1 aliphatic rings. The normalized spacial score (nSPS) is 17.0. The molecule has 24 heavy (non-hydrogen) atoms. The summed E-state index contributed by atoms with van der Waals surface area (Å²) in [4.78, 5) is 12.2. The quantitative estimate of drug-likeness (QED) is 0.854. The van der Waals surface area contributed by atoms with Gasteiger partial charge in [0.15, 0.2) is 0 Å². The Morgan fingerprint density at radius 1 is 1.46 bits per heavy atom. The van der Waals surface area contributed by atoms with Crippen LogP contribution in [0.3, 0.4) is 0 Å². The van der Waals surface area contributed by atoms with Crippen molar-refractivity contribution in [1.29, 1.82) is 0 Å². The molecule has 2 aromatic rings. The number of ether oxygens (including phenoxy) is 2. The van der Waals surface area contributed by atoms with Crippen LogP contribution in [0.5, 0.6) is 5.75 Å². The summed E-state index contributed by atoms with van der Waals surface area (Å²) >= 11 is 0. The van der Waals surface area contributed by atoms with Crippen LogP contribution in [0, 0.1) is 13.8 Å². The molecule has 1 atom stereocenters. The van der Waals surface area contributed by atoms with Gasteiger partial charge in [0.2, 0.25) is 0 Å². The summed E-state index contributed by atoms with van der Waals surface area (Å²) in [5.41, 5.74) is 3.39. The smallest absolute Gasteiger partial charge is 0.255 e. The number of benzene rings is 1. The molecule has 0 bridgehead atoms. The van der Waals surface area contributed by atoms with E-state index in [1.165, 1.54) is 6.20 Å². The van der Waals surface area contributed by atoms with Crippen molar-refractivity contribution in [3.05, 3.63) is 46.8 Å². The summed E-state index contributed by atoms with van der Waals surface area (Å²) in [6, 6.07) is 6.01. The standard InChI is InChI=1S/C18H23N3O3/c1-12-5-6-14(9-19-18(22)16-10-20-21-13(16)2)17(8-12)24-11-15-4-3-7-23-15/h5-6,8,10,15H,3-4,7,9,11H2,1-2H3,(H,19,22)(H,20,21)/t15-/m0/s1. The average molecular weight is 329 g/mol. The SMILES string of the molecule is Cc1ccc(CNC(=O)c2cn[nH]c2C)c(OC[C@@H]2CCCO2)c1. The highest BCUT2D eigenvalue weighted by molar-refractivity contribution is 5.94. The highest BCUT2D eigenvalue weighted by atomic mass is 16.5. The molecule has 0 radical (unpaired) electrons. The van der Waals surface area contributed by atoms with E-state index in [1.807, 2.05) is 32.0 Å². The lowest BCUT2D eigenvalue weighted by Crippen LogP contribution is -2.24. The first-order valence-corrected chi connectivity index (χ1v) is 8.25. The minimum absolute atomic E-state index is 0.146. The number of carbonyl (C=O) groups is 1. The molecule has 1 fully saturated rings. The second kappa shape index (κ2) is 7.49. The van der Waals surface area contributed by atoms with Crippen molar-refractivity contribution in [3.8, 4) is 5.75 Å². The maximum Gasteiger partial charge on any atom is 0.255 e. The van der Waals surface area contributed by atoms with Gasteiger partial charge >= 0.3 is 0 Å². The van der Waals surface area contributed by atoms with Crippen molar-refractivity contribution in [1.82, 2.24) is 15.5 Å². The second-order valence-electron chi connectivity index (χ2n) is 6.15. The molecule has 0 aliphatic carbocycles. The predicted molar refractivity (Wildman–Crippen MR) is 90.1 cm³/mol. The van der Waals surface area contributed by atoms with Gasteiger partial charge in [-0.05, 0) is 38.3 Å². The largest absolute Gasteiger partial charge is 0.491 e. The third-order valence-electron chi connectivity index (χ3n) is 4.19. The van der Waals surface area contributed by atoms with Crippen molar-refractivity contribution in [2.75, 3.05) is 13.2 Å². The Morgan fingerprint density at radius 3 is 3.04 bits per heavy atom. The van der Waals surface area contributed by atoms with Gasteiger partial charge in [0, 0.05) is 24.4 Å². The van der Waals surface area contributed by atoms with Crippen LogP contribution < -0.4 is 10.1 Å². The molecule has 3 rings (SSSR count). The van der Waals surface area contributed by atoms with E-state index in [0.717, 1.165) is 42.0 Å². The van der Waals surface area contributed by atoms with Crippen LogP contribution in [-0.2, 0) is 11.3 Å². The van der Waals surface area contributed by atoms with Gasteiger partial charge in [0.05, 0.1) is 17.9 Å². The Kier molecular flexibility index (Phi) is 5.15. The van der Waals surface area contributed by atoms with Gasteiger partial charge in [-0.2, -0.15) is 5.10 Å². The summed E-state index contributed by atoms with van der Waals surface area (Å²) in [6.45, 7) is 5.62. The number of hydrogen-bond acceptors (Lipinski definition) is 4. The third kappa shape index (κ3) is 3.94. The van der Waals surface area contributed by atoms with Crippen molar-refractivity contribution in [2.24, 2.45) is 0 Å². The maximum absolute atomic E-state index is 12.2. The maximum atomic E-state index is 12.2. The molecule has 2 heterocycles. The molecule has 0 unspecified atom stereocenters. The lowest BCUT2D eigenvalue weighted by Gasteiger charge is -2.16. The number of nitrogens with one attached hydrogen (secondary N) is 2. The predicted octanol–water partition coefficient (Wildman–Crippen LogP) is 2.51. The Hall–Kier alpha value is -2.34. The van der Waals surface area contributed by atoms with Gasteiger partial charge in [-0.15, -0.1) is 0 Å². The minimum Gasteiger partial charge on any atom is -0.491 e. The fourth-order valence-corrected chi connectivity index (χ4v) is 2.75. The van der Waals surface area contributed by atoms with E-state index in [-0.39, 0.29) is 12.0 Å². The first-order valence-electron chi connectivity index (χ1n) is 8.25. The minimum atomic E-state index is -0.146. The molecule has 1 aliphatic heterocycles. The van der Waals surface area contributed by atoms with E-state index in [4.69, 9.17) is 9.47 Å². The zero-order valence-corrected chi connectivity index (χ0v) is 14.1. The van der Waals surface area contributed by atoms with Gasteiger partial charge in [0.1, 0.15) is 12.4 Å². The number of amides is 1. The molecule has 6 nitrogen and oxygen atoms in total. The molecule has 128 valence electrons. The fraction of sp³-hybridized carbons (Fsp3) is 0.444. The van der Waals surface area contributed by atoms with Gasteiger partial charge in [-0.1, -0.05) is 12.1 Å². The Balaban J connectivity index is 1.63. The number of aromatic nitrogens is 2. The number of rotatable bonds is 6. The van der Waals surface area contributed by atoms with Crippen LogP contribution in [0.15, 0.2) is 24.4 Å². The van der Waals surface area contributed by atoms with E-state index in [1.54, 1.807) is 0 Å². The van der Waals surface area contributed by atoms with E-state index >= 15 is 0 Å². The van der Waals surface area contributed by atoms with Gasteiger partial charge in [-0.3, -0.25) is 9.89 Å². The Bertz CT molecular complexity index is 705. The zero-order valence-electron chi connectivity index (χ0n) is 14.1. The van der Waals surface area contributed by atoms with Crippen molar-refractivity contribution < 1.29 is 14.3 Å². The molecule has 1 saturated heterocycles. The first kappa shape index (κ1) is 16.5. The van der Waals surface area contributed by atoms with E-state index < -0.39 is 0 Å². The molecule has 0 spiro atoms. The molecule has 2 N–H and O–H groups in total. The lowest BCUT2D eigenvalue weighted by atomic mass is 10.1. The molecule has 1 aromatic heterocycles. The van der Waals surface area contributed by atoms with Crippen LogP contribution >= 0.6 is 0 Å². The Morgan fingerprint density at radius 2 is 2.33 bits per heavy atom. The highest BCUT2D eigenvalue weighted by Gasteiger charge is 2.17. The molecule has 1 amide bonds. The molecule has 0 saturated carbocycles. The highest BCUT2D eigenvalue weighted by Crippen LogP contribution is 2.22. The summed E-state index contributed by atoms with van der Waals surface area (Å²) in [5, 5.41) is 9.56. The third-order valence-corrected chi connectivity index (χ3v) is 4.19. The number of carbonyl (C=O) groups excluding carboxylic acids is 1. The average Bonchev–Trinajstić information content (AvgIpc) is 3.23.